The predicted octanol–water partition coefficient (Wildman–Crippen LogP) is 2.96. The molecule has 0 atom stereocenters. The summed E-state index contributed by atoms with van der Waals surface area (Å²) in [6.07, 6.45) is 2.23. The van der Waals surface area contributed by atoms with Crippen LogP contribution >= 0.6 is 15.9 Å². The van der Waals surface area contributed by atoms with Crippen molar-refractivity contribution in [1.82, 2.24) is 0 Å². The quantitative estimate of drug-likeness (QED) is 0.613. The number of hydrogen-bond donors (Lipinski definition) is 0. The van der Waals surface area contributed by atoms with E-state index in [-0.39, 0.29) is 10.6 Å². The molecule has 0 bridgehead atoms. The van der Waals surface area contributed by atoms with E-state index in [1.807, 2.05) is 6.07 Å². The molecule has 0 amide bonds. The summed E-state index contributed by atoms with van der Waals surface area (Å²) >= 11 is 3.34. The van der Waals surface area contributed by atoms with E-state index in [1.165, 1.54) is 0 Å². The maximum Gasteiger partial charge on any atom is 0.292 e. The van der Waals surface area contributed by atoms with E-state index >= 15 is 0 Å². The number of nitro benzene ring substituents is 1. The van der Waals surface area contributed by atoms with Crippen LogP contribution in [0.2, 0.25) is 0 Å². The fourth-order valence-electron chi connectivity index (χ4n) is 1.86. The number of rotatable bonds is 2. The molecule has 80 valence electrons. The highest BCUT2D eigenvalue weighted by Crippen LogP contribution is 2.33. The number of hydrogen-bond acceptors (Lipinski definition) is 3. The van der Waals surface area contributed by atoms with Gasteiger partial charge in [0.25, 0.3) is 5.69 Å². The van der Waals surface area contributed by atoms with Crippen LogP contribution in [0.1, 0.15) is 12.8 Å². The smallest absolute Gasteiger partial charge is 0.292 e. The van der Waals surface area contributed by atoms with E-state index in [0.717, 1.165) is 36.1 Å². The van der Waals surface area contributed by atoms with Crippen molar-refractivity contribution < 1.29 is 4.92 Å². The van der Waals surface area contributed by atoms with Crippen molar-refractivity contribution in [2.24, 2.45) is 0 Å². The molecule has 0 aliphatic carbocycles. The van der Waals surface area contributed by atoms with Gasteiger partial charge in [0.05, 0.1) is 4.92 Å². The zero-order chi connectivity index (χ0) is 10.8. The van der Waals surface area contributed by atoms with Gasteiger partial charge in [-0.3, -0.25) is 10.1 Å². The van der Waals surface area contributed by atoms with Crippen LogP contribution in [0.25, 0.3) is 0 Å². The number of anilines is 1. The van der Waals surface area contributed by atoms with Gasteiger partial charge in [0.2, 0.25) is 0 Å². The first-order chi connectivity index (χ1) is 7.18. The van der Waals surface area contributed by atoms with Crippen molar-refractivity contribution in [2.45, 2.75) is 12.8 Å². The molecule has 1 aliphatic rings. The third kappa shape index (κ3) is 2.12. The Kier molecular flexibility index (Phi) is 2.90. The molecule has 0 aromatic heterocycles. The van der Waals surface area contributed by atoms with E-state index in [9.17, 15) is 10.1 Å². The normalized spacial score (nSPS) is 15.7. The standard InChI is InChI=1S/C10H11BrN2O2/c11-8-3-4-9(13(14)15)10(7-8)12-5-1-2-6-12/h3-4,7H,1-2,5-6H2. The molecule has 1 saturated heterocycles. The second-order valence-electron chi connectivity index (χ2n) is 3.58. The number of benzene rings is 1. The fraction of sp³-hybridized carbons (Fsp3) is 0.400. The number of nitrogens with zero attached hydrogens (tertiary/aromatic N) is 2. The Morgan fingerprint density at radius 2 is 2.00 bits per heavy atom. The maximum atomic E-state index is 10.9. The van der Waals surface area contributed by atoms with Crippen molar-refractivity contribution in [3.8, 4) is 0 Å². The van der Waals surface area contributed by atoms with Crippen LogP contribution in [0.4, 0.5) is 11.4 Å². The largest absolute Gasteiger partial charge is 0.366 e. The second kappa shape index (κ2) is 4.18. The lowest BCUT2D eigenvalue weighted by atomic mass is 10.2. The van der Waals surface area contributed by atoms with Crippen molar-refractivity contribution in [3.63, 3.8) is 0 Å². The minimum absolute atomic E-state index is 0.195. The Morgan fingerprint density at radius 3 is 2.60 bits per heavy atom. The van der Waals surface area contributed by atoms with E-state index in [2.05, 4.69) is 20.8 Å². The first-order valence-electron chi connectivity index (χ1n) is 4.87. The summed E-state index contributed by atoms with van der Waals surface area (Å²) < 4.78 is 0.884. The zero-order valence-electron chi connectivity index (χ0n) is 8.15. The summed E-state index contributed by atoms with van der Waals surface area (Å²) in [5.41, 5.74) is 0.923. The Morgan fingerprint density at radius 1 is 1.33 bits per heavy atom. The molecule has 0 saturated carbocycles. The SMILES string of the molecule is O=[N+]([O-])c1ccc(Br)cc1N1CCCC1. The van der Waals surface area contributed by atoms with Crippen molar-refractivity contribution in [1.29, 1.82) is 0 Å². The summed E-state index contributed by atoms with van der Waals surface area (Å²) in [6, 6.07) is 5.08. The second-order valence-corrected chi connectivity index (χ2v) is 4.50. The molecule has 4 nitrogen and oxygen atoms in total. The van der Waals surface area contributed by atoms with Gasteiger partial charge >= 0.3 is 0 Å². The van der Waals surface area contributed by atoms with Crippen LogP contribution in [-0.4, -0.2) is 18.0 Å². The van der Waals surface area contributed by atoms with Crippen LogP contribution in [0.5, 0.6) is 0 Å². The molecule has 0 N–H and O–H groups in total. The molecule has 1 heterocycles. The Bertz CT molecular complexity index is 389. The molecule has 1 fully saturated rings. The van der Waals surface area contributed by atoms with Crippen LogP contribution in [-0.2, 0) is 0 Å². The Balaban J connectivity index is 2.41. The molecule has 1 aliphatic heterocycles. The van der Waals surface area contributed by atoms with Gasteiger partial charge < -0.3 is 4.90 Å². The lowest BCUT2D eigenvalue weighted by Crippen LogP contribution is -2.18. The van der Waals surface area contributed by atoms with E-state index in [0.29, 0.717) is 0 Å². The average Bonchev–Trinajstić information content (AvgIpc) is 2.69. The molecule has 1 aromatic rings. The van der Waals surface area contributed by atoms with Crippen LogP contribution in [0.15, 0.2) is 22.7 Å². The highest BCUT2D eigenvalue weighted by atomic mass is 79.9. The van der Waals surface area contributed by atoms with Crippen LogP contribution in [0, 0.1) is 10.1 Å². The third-order valence-electron chi connectivity index (χ3n) is 2.58. The molecule has 0 unspecified atom stereocenters. The van der Waals surface area contributed by atoms with Crippen molar-refractivity contribution in [2.75, 3.05) is 18.0 Å². The van der Waals surface area contributed by atoms with Crippen molar-refractivity contribution >= 4 is 27.3 Å². The van der Waals surface area contributed by atoms with Gasteiger partial charge in [0, 0.05) is 23.6 Å². The van der Waals surface area contributed by atoms with Crippen LogP contribution < -0.4 is 4.90 Å². The molecular formula is C10H11BrN2O2. The number of halogens is 1. The topological polar surface area (TPSA) is 46.4 Å². The minimum atomic E-state index is -0.319. The van der Waals surface area contributed by atoms with Gasteiger partial charge in [-0.15, -0.1) is 0 Å². The zero-order valence-corrected chi connectivity index (χ0v) is 9.74. The number of nitro groups is 1. The van der Waals surface area contributed by atoms with Gasteiger partial charge in [-0.2, -0.15) is 0 Å². The molecule has 5 heteroatoms. The van der Waals surface area contributed by atoms with E-state index in [1.54, 1.807) is 12.1 Å². The minimum Gasteiger partial charge on any atom is -0.366 e. The fourth-order valence-corrected chi connectivity index (χ4v) is 2.21. The average molecular weight is 271 g/mol. The van der Waals surface area contributed by atoms with Gasteiger partial charge in [-0.1, -0.05) is 15.9 Å². The predicted molar refractivity (Wildman–Crippen MR) is 62.2 cm³/mol. The highest BCUT2D eigenvalue weighted by Gasteiger charge is 2.21. The molecular weight excluding hydrogens is 260 g/mol. The van der Waals surface area contributed by atoms with Crippen molar-refractivity contribution in [3.05, 3.63) is 32.8 Å². The molecule has 15 heavy (non-hydrogen) atoms. The molecule has 1 aromatic carbocycles. The highest BCUT2D eigenvalue weighted by molar-refractivity contribution is 9.10. The lowest BCUT2D eigenvalue weighted by molar-refractivity contribution is -0.384. The summed E-state index contributed by atoms with van der Waals surface area (Å²) in [6.45, 7) is 1.83. The first-order valence-corrected chi connectivity index (χ1v) is 5.66. The van der Waals surface area contributed by atoms with Gasteiger partial charge in [-0.05, 0) is 25.0 Å². The maximum absolute atomic E-state index is 10.9. The molecule has 0 radical (unpaired) electrons. The summed E-state index contributed by atoms with van der Waals surface area (Å²) in [5.74, 6) is 0. The van der Waals surface area contributed by atoms with E-state index < -0.39 is 0 Å². The van der Waals surface area contributed by atoms with Gasteiger partial charge in [0.1, 0.15) is 5.69 Å². The molecule has 2 rings (SSSR count). The summed E-state index contributed by atoms with van der Waals surface area (Å²) in [7, 11) is 0. The lowest BCUT2D eigenvalue weighted by Gasteiger charge is -2.17. The third-order valence-corrected chi connectivity index (χ3v) is 3.07. The summed E-state index contributed by atoms with van der Waals surface area (Å²) in [5, 5.41) is 10.9. The first kappa shape index (κ1) is 10.4. The van der Waals surface area contributed by atoms with E-state index in [4.69, 9.17) is 0 Å². The van der Waals surface area contributed by atoms with Gasteiger partial charge in [0.15, 0.2) is 0 Å². The molecule has 0 spiro atoms. The monoisotopic (exact) mass is 270 g/mol. The Labute approximate surface area is 96.2 Å². The Hall–Kier alpha value is -1.10. The summed E-state index contributed by atoms with van der Waals surface area (Å²) in [4.78, 5) is 12.6. The van der Waals surface area contributed by atoms with Crippen LogP contribution in [0.3, 0.4) is 0 Å². The van der Waals surface area contributed by atoms with Gasteiger partial charge in [-0.25, -0.2) is 0 Å².